The zero-order valence-electron chi connectivity index (χ0n) is 11.2. The molecule has 7 heteroatoms. The number of rotatable bonds is 10. The van der Waals surface area contributed by atoms with Crippen molar-refractivity contribution in [3.8, 4) is 0 Å². The Kier molecular flexibility index (Phi) is 8.22. The van der Waals surface area contributed by atoms with Crippen molar-refractivity contribution in [2.24, 2.45) is 0 Å². The van der Waals surface area contributed by atoms with Crippen molar-refractivity contribution in [2.75, 3.05) is 31.8 Å². The first-order valence-electron chi connectivity index (χ1n) is 5.98. The van der Waals surface area contributed by atoms with E-state index in [9.17, 15) is 8.42 Å². The van der Waals surface area contributed by atoms with E-state index in [1.165, 1.54) is 6.26 Å². The second kappa shape index (κ2) is 8.20. The lowest BCUT2D eigenvalue weighted by Crippen LogP contribution is -2.46. The lowest BCUT2D eigenvalue weighted by atomic mass is 10.6. The summed E-state index contributed by atoms with van der Waals surface area (Å²) < 4.78 is 39.0. The van der Waals surface area contributed by atoms with Gasteiger partial charge in [-0.05, 0) is 27.2 Å². The summed E-state index contributed by atoms with van der Waals surface area (Å²) in [5.41, 5.74) is 0. The van der Waals surface area contributed by atoms with Crippen LogP contribution in [0.3, 0.4) is 0 Å². The van der Waals surface area contributed by atoms with Crippen molar-refractivity contribution in [1.29, 1.82) is 0 Å². The van der Waals surface area contributed by atoms with Gasteiger partial charge < -0.3 is 13.3 Å². The van der Waals surface area contributed by atoms with Crippen molar-refractivity contribution in [1.82, 2.24) is 0 Å². The van der Waals surface area contributed by atoms with Gasteiger partial charge in [0.25, 0.3) is 0 Å². The first kappa shape index (κ1) is 17.0. The summed E-state index contributed by atoms with van der Waals surface area (Å²) >= 11 is 0. The molecule has 0 spiro atoms. The zero-order chi connectivity index (χ0) is 13.4. The summed E-state index contributed by atoms with van der Waals surface area (Å²) in [4.78, 5) is 0. The van der Waals surface area contributed by atoms with Crippen LogP contribution in [0.15, 0.2) is 0 Å². The molecule has 0 saturated heterocycles. The van der Waals surface area contributed by atoms with Crippen LogP contribution in [0, 0.1) is 0 Å². The largest absolute Gasteiger partial charge is 0.500 e. The lowest BCUT2D eigenvalue weighted by Gasteiger charge is -2.28. The Morgan fingerprint density at radius 1 is 0.941 bits per heavy atom. The standard InChI is InChI=1S/C10H24O5SSi/c1-5-13-17(14-6-2,15-7-3)10-8-9-16(4,11)12/h5-10H2,1-4H3. The highest BCUT2D eigenvalue weighted by molar-refractivity contribution is 7.90. The molecule has 0 N–H and O–H groups in total. The van der Waals surface area contributed by atoms with Gasteiger partial charge in [0, 0.05) is 37.9 Å². The minimum atomic E-state index is -2.94. The third kappa shape index (κ3) is 7.88. The van der Waals surface area contributed by atoms with Gasteiger partial charge >= 0.3 is 8.80 Å². The minimum absolute atomic E-state index is 0.148. The quantitative estimate of drug-likeness (QED) is 0.569. The van der Waals surface area contributed by atoms with Gasteiger partial charge in [-0.2, -0.15) is 0 Å². The predicted octanol–water partition coefficient (Wildman–Crippen LogP) is 1.47. The van der Waals surface area contributed by atoms with E-state index in [-0.39, 0.29) is 5.75 Å². The third-order valence-corrected chi connectivity index (χ3v) is 6.27. The lowest BCUT2D eigenvalue weighted by molar-refractivity contribution is 0.0712. The summed E-state index contributed by atoms with van der Waals surface area (Å²) in [5, 5.41) is 0. The maximum atomic E-state index is 11.1. The molecule has 0 aliphatic heterocycles. The van der Waals surface area contributed by atoms with Gasteiger partial charge in [-0.15, -0.1) is 0 Å². The molecule has 0 rings (SSSR count). The molecule has 0 atom stereocenters. The van der Waals surface area contributed by atoms with E-state index in [0.29, 0.717) is 32.3 Å². The molecule has 0 unspecified atom stereocenters. The molecule has 104 valence electrons. The first-order chi connectivity index (χ1) is 7.89. The van der Waals surface area contributed by atoms with Crippen LogP contribution < -0.4 is 0 Å². The molecule has 0 bridgehead atoms. The molecule has 0 fully saturated rings. The van der Waals surface area contributed by atoms with Crippen LogP contribution in [-0.4, -0.2) is 49.1 Å². The average Bonchev–Trinajstić information content (AvgIpc) is 2.16. The van der Waals surface area contributed by atoms with E-state index in [2.05, 4.69) is 0 Å². The molecule has 17 heavy (non-hydrogen) atoms. The van der Waals surface area contributed by atoms with Crippen molar-refractivity contribution < 1.29 is 21.7 Å². The molecule has 0 aliphatic carbocycles. The first-order valence-corrected chi connectivity index (χ1v) is 9.98. The van der Waals surface area contributed by atoms with Gasteiger partial charge in [0.2, 0.25) is 0 Å². The van der Waals surface area contributed by atoms with E-state index in [1.54, 1.807) is 0 Å². The number of hydrogen-bond donors (Lipinski definition) is 0. The van der Waals surface area contributed by atoms with Crippen LogP contribution >= 0.6 is 0 Å². The Morgan fingerprint density at radius 2 is 1.35 bits per heavy atom. The maximum Gasteiger partial charge on any atom is 0.500 e. The summed E-state index contributed by atoms with van der Waals surface area (Å²) in [6.07, 6.45) is 1.75. The van der Waals surface area contributed by atoms with E-state index in [4.69, 9.17) is 13.3 Å². The van der Waals surface area contributed by atoms with Crippen LogP contribution in [0.2, 0.25) is 6.04 Å². The van der Waals surface area contributed by atoms with Gasteiger partial charge in [-0.3, -0.25) is 0 Å². The molecule has 0 aromatic carbocycles. The summed E-state index contributed by atoms with van der Waals surface area (Å²) in [6, 6.07) is 0.551. The molecule has 0 aliphatic rings. The number of sulfone groups is 1. The fraction of sp³-hybridized carbons (Fsp3) is 1.00. The normalized spacial score (nSPS) is 12.9. The molecule has 0 aromatic heterocycles. The molecule has 5 nitrogen and oxygen atoms in total. The van der Waals surface area contributed by atoms with Crippen molar-refractivity contribution in [3.05, 3.63) is 0 Å². The van der Waals surface area contributed by atoms with E-state index in [1.807, 2.05) is 20.8 Å². The highest BCUT2D eigenvalue weighted by atomic mass is 32.2. The number of hydrogen-bond acceptors (Lipinski definition) is 5. The van der Waals surface area contributed by atoms with Crippen LogP contribution in [0.4, 0.5) is 0 Å². The molecule has 0 heterocycles. The molecule has 0 saturated carbocycles. The minimum Gasteiger partial charge on any atom is -0.374 e. The predicted molar refractivity (Wildman–Crippen MR) is 69.8 cm³/mol. The molecular formula is C10H24O5SSi. The van der Waals surface area contributed by atoms with E-state index < -0.39 is 18.6 Å². The highest BCUT2D eigenvalue weighted by Gasteiger charge is 2.39. The summed E-state index contributed by atoms with van der Waals surface area (Å²) in [5.74, 6) is 0.148. The van der Waals surface area contributed by atoms with Gasteiger partial charge in [0.15, 0.2) is 0 Å². The maximum absolute atomic E-state index is 11.1. The van der Waals surface area contributed by atoms with Crippen molar-refractivity contribution in [2.45, 2.75) is 33.2 Å². The SMILES string of the molecule is CCO[Si](CCCS(C)(=O)=O)(OCC)OCC. The van der Waals surface area contributed by atoms with E-state index >= 15 is 0 Å². The fourth-order valence-corrected chi connectivity index (χ4v) is 5.09. The summed E-state index contributed by atoms with van der Waals surface area (Å²) in [6.45, 7) is 7.21. The van der Waals surface area contributed by atoms with E-state index in [0.717, 1.165) is 0 Å². The second-order valence-electron chi connectivity index (χ2n) is 3.72. The Balaban J connectivity index is 4.43. The molecule has 0 amide bonds. The van der Waals surface area contributed by atoms with Gasteiger partial charge in [-0.1, -0.05) is 0 Å². The Hall–Kier alpha value is 0.0469. The zero-order valence-corrected chi connectivity index (χ0v) is 13.0. The van der Waals surface area contributed by atoms with Crippen molar-refractivity contribution >= 4 is 18.6 Å². The van der Waals surface area contributed by atoms with Gasteiger partial charge in [-0.25, -0.2) is 8.42 Å². The Labute approximate surface area is 106 Å². The van der Waals surface area contributed by atoms with Crippen LogP contribution in [-0.2, 0) is 23.1 Å². The third-order valence-electron chi connectivity index (χ3n) is 2.09. The Morgan fingerprint density at radius 3 is 1.65 bits per heavy atom. The molecular weight excluding hydrogens is 260 g/mol. The smallest absolute Gasteiger partial charge is 0.374 e. The average molecular weight is 284 g/mol. The Bertz CT molecular complexity index is 274. The highest BCUT2D eigenvalue weighted by Crippen LogP contribution is 2.18. The second-order valence-corrected chi connectivity index (χ2v) is 8.71. The van der Waals surface area contributed by atoms with Crippen LogP contribution in [0.5, 0.6) is 0 Å². The topological polar surface area (TPSA) is 61.8 Å². The molecule has 0 aromatic rings. The molecule has 0 radical (unpaired) electrons. The van der Waals surface area contributed by atoms with Crippen molar-refractivity contribution in [3.63, 3.8) is 0 Å². The summed E-state index contributed by atoms with van der Waals surface area (Å²) in [7, 11) is -5.60. The van der Waals surface area contributed by atoms with Gasteiger partial charge in [0.1, 0.15) is 9.84 Å². The fourth-order valence-electron chi connectivity index (χ4n) is 1.55. The van der Waals surface area contributed by atoms with Crippen LogP contribution in [0.25, 0.3) is 0 Å². The monoisotopic (exact) mass is 284 g/mol. The van der Waals surface area contributed by atoms with Crippen LogP contribution in [0.1, 0.15) is 27.2 Å². The van der Waals surface area contributed by atoms with Gasteiger partial charge in [0.05, 0.1) is 0 Å².